The summed E-state index contributed by atoms with van der Waals surface area (Å²) in [6.07, 6.45) is 9.64. The highest BCUT2D eigenvalue weighted by molar-refractivity contribution is 5.83. The summed E-state index contributed by atoms with van der Waals surface area (Å²) in [5, 5.41) is 22.4. The normalized spacial score (nSPS) is 53.9. The molecular weight excluding hydrogens is 376 g/mol. The Balaban J connectivity index is 1.27. The lowest BCUT2D eigenvalue weighted by Gasteiger charge is -2.58. The van der Waals surface area contributed by atoms with Crippen molar-refractivity contribution >= 4 is 5.78 Å². The quantitative estimate of drug-likeness (QED) is 0.823. The molecule has 0 aliphatic heterocycles. The Morgan fingerprint density at radius 3 is 2.67 bits per heavy atom. The molecule has 0 amide bonds. The van der Waals surface area contributed by atoms with E-state index in [0.717, 1.165) is 36.5 Å². The van der Waals surface area contributed by atoms with Gasteiger partial charge in [-0.25, -0.2) is 0 Å². The number of carbonyl (C=O) groups is 1. The second-order valence-corrected chi connectivity index (χ2v) is 12.1. The molecule has 6 nitrogen and oxygen atoms in total. The van der Waals surface area contributed by atoms with Gasteiger partial charge >= 0.3 is 0 Å². The molecule has 1 N–H and O–H groups in total. The van der Waals surface area contributed by atoms with Crippen LogP contribution in [0.25, 0.3) is 0 Å². The number of Topliss-reactive ketones (excluding diaryl/α,β-unsaturated/α-hetero) is 1. The SMILES string of the molecule is C[C@H]1[C@@H]2[C@H]1[C@H](C(=O)Cn1ncnn1)[C@@]1(C)CC[C@H]3[C@@H](CC[C@@H]4C[C@](C)(O)CC[C@@H]43)[C@H]21. The van der Waals surface area contributed by atoms with Crippen molar-refractivity contribution in [3.63, 3.8) is 0 Å². The lowest BCUT2D eigenvalue weighted by Crippen LogP contribution is -2.52. The van der Waals surface area contributed by atoms with Crippen molar-refractivity contribution in [2.75, 3.05) is 0 Å². The van der Waals surface area contributed by atoms with E-state index in [0.29, 0.717) is 29.5 Å². The van der Waals surface area contributed by atoms with Gasteiger partial charge in [-0.05, 0) is 110 Å². The highest BCUT2D eigenvalue weighted by Crippen LogP contribution is 2.76. The van der Waals surface area contributed by atoms with Crippen LogP contribution < -0.4 is 0 Å². The number of aromatic nitrogens is 4. The first-order valence-electron chi connectivity index (χ1n) is 12.3. The molecule has 6 rings (SSSR count). The number of nitrogens with zero attached hydrogens (tertiary/aromatic N) is 4. The fourth-order valence-electron chi connectivity index (χ4n) is 9.58. The fraction of sp³-hybridized carbons (Fsp3) is 0.917. The molecule has 0 spiro atoms. The Hall–Kier alpha value is -1.30. The zero-order valence-electron chi connectivity index (χ0n) is 18.6. The van der Waals surface area contributed by atoms with E-state index in [1.54, 1.807) is 0 Å². The molecule has 0 unspecified atom stereocenters. The van der Waals surface area contributed by atoms with Crippen LogP contribution in [0.1, 0.15) is 65.7 Å². The van der Waals surface area contributed by atoms with Crippen molar-refractivity contribution in [2.24, 2.45) is 58.7 Å². The summed E-state index contributed by atoms with van der Waals surface area (Å²) < 4.78 is 0. The molecule has 1 aromatic heterocycles. The summed E-state index contributed by atoms with van der Waals surface area (Å²) in [6.45, 7) is 7.15. The van der Waals surface area contributed by atoms with E-state index in [1.807, 2.05) is 6.92 Å². The third-order valence-electron chi connectivity index (χ3n) is 10.6. The summed E-state index contributed by atoms with van der Waals surface area (Å²) >= 11 is 0. The number of aliphatic hydroxyl groups is 1. The van der Waals surface area contributed by atoms with Gasteiger partial charge in [-0.1, -0.05) is 13.8 Å². The van der Waals surface area contributed by atoms with Crippen molar-refractivity contribution in [1.29, 1.82) is 0 Å². The number of fused-ring (bicyclic) bond motifs is 7. The van der Waals surface area contributed by atoms with Crippen LogP contribution in [0, 0.1) is 58.7 Å². The van der Waals surface area contributed by atoms with Crippen LogP contribution in [0.5, 0.6) is 0 Å². The van der Waals surface area contributed by atoms with Crippen LogP contribution in [0.15, 0.2) is 6.33 Å². The Bertz CT molecular complexity index is 838. The maximum Gasteiger partial charge on any atom is 0.162 e. The van der Waals surface area contributed by atoms with Gasteiger partial charge in [0.25, 0.3) is 0 Å². The second kappa shape index (κ2) is 6.36. The molecule has 0 bridgehead atoms. The van der Waals surface area contributed by atoms with Crippen LogP contribution in [0.3, 0.4) is 0 Å². The largest absolute Gasteiger partial charge is 0.390 e. The highest BCUT2D eigenvalue weighted by atomic mass is 16.3. The Kier molecular flexibility index (Phi) is 4.11. The van der Waals surface area contributed by atoms with Gasteiger partial charge in [0, 0.05) is 5.92 Å². The van der Waals surface area contributed by atoms with Gasteiger partial charge in [0.2, 0.25) is 0 Å². The van der Waals surface area contributed by atoms with E-state index < -0.39 is 5.60 Å². The summed E-state index contributed by atoms with van der Waals surface area (Å²) in [7, 11) is 0. The number of tetrazole rings is 1. The van der Waals surface area contributed by atoms with Crippen molar-refractivity contribution in [1.82, 2.24) is 20.2 Å². The van der Waals surface area contributed by atoms with Gasteiger partial charge in [-0.2, -0.15) is 4.80 Å². The standard InChI is InChI=1S/C24H36N4O2/c1-13-19-20(13)22(18(29)11-28-26-12-25-27-28)24(3)9-7-16-15-6-8-23(2,30)10-14(15)4-5-17(16)21(19)24/h12-17,19-22,30H,4-11H2,1-3H3/t13-,14+,15-,16+,17+,19+,20-,21+,22-,23+,24-/m0/s1. The number of rotatable bonds is 3. The minimum absolute atomic E-state index is 0.146. The third kappa shape index (κ3) is 2.64. The van der Waals surface area contributed by atoms with E-state index >= 15 is 0 Å². The molecule has 0 aromatic carbocycles. The minimum atomic E-state index is -0.451. The average molecular weight is 413 g/mol. The first kappa shape index (κ1) is 19.4. The maximum absolute atomic E-state index is 13.5. The molecule has 5 aliphatic carbocycles. The molecule has 5 aliphatic rings. The summed E-state index contributed by atoms with van der Waals surface area (Å²) in [5.74, 6) is 6.31. The van der Waals surface area contributed by atoms with Crippen molar-refractivity contribution < 1.29 is 9.90 Å². The molecule has 5 fully saturated rings. The fourth-order valence-corrected chi connectivity index (χ4v) is 9.58. The number of hydrogen-bond donors (Lipinski definition) is 1. The van der Waals surface area contributed by atoms with Crippen molar-refractivity contribution in [3.05, 3.63) is 6.33 Å². The van der Waals surface area contributed by atoms with Gasteiger partial charge in [0.15, 0.2) is 12.1 Å². The summed E-state index contributed by atoms with van der Waals surface area (Å²) in [4.78, 5) is 14.9. The predicted octanol–water partition coefficient (Wildman–Crippen LogP) is 3.36. The molecule has 0 saturated heterocycles. The molecule has 0 radical (unpaired) electrons. The molecule has 30 heavy (non-hydrogen) atoms. The number of hydrogen-bond acceptors (Lipinski definition) is 5. The van der Waals surface area contributed by atoms with Gasteiger partial charge in [-0.3, -0.25) is 4.79 Å². The average Bonchev–Trinajstić information content (AvgIpc) is 3.06. The molecule has 6 heteroatoms. The van der Waals surface area contributed by atoms with Crippen LogP contribution in [-0.4, -0.2) is 36.7 Å². The van der Waals surface area contributed by atoms with Gasteiger partial charge in [-0.15, -0.1) is 10.2 Å². The van der Waals surface area contributed by atoms with E-state index in [-0.39, 0.29) is 17.9 Å². The van der Waals surface area contributed by atoms with Crippen LogP contribution in [-0.2, 0) is 11.3 Å². The molecule has 5 saturated carbocycles. The second-order valence-electron chi connectivity index (χ2n) is 12.1. The zero-order chi connectivity index (χ0) is 20.8. The number of ketones is 1. The minimum Gasteiger partial charge on any atom is -0.390 e. The lowest BCUT2D eigenvalue weighted by atomic mass is 9.47. The summed E-state index contributed by atoms with van der Waals surface area (Å²) in [6, 6.07) is 0. The monoisotopic (exact) mass is 412 g/mol. The predicted molar refractivity (Wildman–Crippen MR) is 111 cm³/mol. The van der Waals surface area contributed by atoms with E-state index in [2.05, 4.69) is 29.3 Å². The lowest BCUT2D eigenvalue weighted by molar-refractivity contribution is -0.137. The topological polar surface area (TPSA) is 80.9 Å². The molecular formula is C24H36N4O2. The van der Waals surface area contributed by atoms with E-state index in [9.17, 15) is 9.90 Å². The highest BCUT2D eigenvalue weighted by Gasteiger charge is 2.73. The third-order valence-corrected chi connectivity index (χ3v) is 10.6. The molecule has 1 heterocycles. The molecule has 1 aromatic rings. The maximum atomic E-state index is 13.5. The first-order valence-corrected chi connectivity index (χ1v) is 12.3. The molecule has 11 atom stereocenters. The van der Waals surface area contributed by atoms with Gasteiger partial charge < -0.3 is 5.11 Å². The van der Waals surface area contributed by atoms with Crippen molar-refractivity contribution in [2.45, 2.75) is 77.9 Å². The Morgan fingerprint density at radius 1 is 1.10 bits per heavy atom. The molecule has 164 valence electrons. The number of carbonyl (C=O) groups excluding carboxylic acids is 1. The van der Waals surface area contributed by atoms with Crippen LogP contribution in [0.4, 0.5) is 0 Å². The van der Waals surface area contributed by atoms with E-state index in [1.165, 1.54) is 43.2 Å². The summed E-state index contributed by atoms with van der Waals surface area (Å²) in [5.41, 5.74) is -0.304. The van der Waals surface area contributed by atoms with E-state index in [4.69, 9.17) is 0 Å². The Labute approximate surface area is 179 Å². The first-order chi connectivity index (χ1) is 14.3. The van der Waals surface area contributed by atoms with Crippen molar-refractivity contribution in [3.8, 4) is 0 Å². The zero-order valence-corrected chi connectivity index (χ0v) is 18.6. The van der Waals surface area contributed by atoms with Crippen LogP contribution >= 0.6 is 0 Å². The smallest absolute Gasteiger partial charge is 0.162 e. The van der Waals surface area contributed by atoms with Gasteiger partial charge in [0.05, 0.1) is 5.60 Å². The Morgan fingerprint density at radius 2 is 1.90 bits per heavy atom. The van der Waals surface area contributed by atoms with Gasteiger partial charge in [0.1, 0.15) is 6.54 Å². The van der Waals surface area contributed by atoms with Crippen LogP contribution in [0.2, 0.25) is 0 Å².